The van der Waals surface area contributed by atoms with Gasteiger partial charge >= 0.3 is 12.6 Å². The van der Waals surface area contributed by atoms with Crippen LogP contribution >= 0.6 is 0 Å². The van der Waals surface area contributed by atoms with Gasteiger partial charge in [-0.15, -0.1) is 0 Å². The molecule has 1 aliphatic rings. The molecule has 2 heterocycles. The Morgan fingerprint density at radius 2 is 2.15 bits per heavy atom. The number of hydrogen-bond donors (Lipinski definition) is 0. The smallest absolute Gasteiger partial charge is 0.387 e. The van der Waals surface area contributed by atoms with Gasteiger partial charge in [-0.3, -0.25) is 0 Å². The number of cyclic esters (lactones) is 1. The van der Waals surface area contributed by atoms with Gasteiger partial charge in [-0.05, 0) is 42.8 Å². The maximum Gasteiger partial charge on any atom is 0.387 e. The van der Waals surface area contributed by atoms with Crippen molar-refractivity contribution in [2.24, 2.45) is 12.0 Å². The van der Waals surface area contributed by atoms with Gasteiger partial charge in [-0.1, -0.05) is 6.07 Å². The molecule has 1 aromatic heterocycles. The van der Waals surface area contributed by atoms with Gasteiger partial charge in [0.15, 0.2) is 5.70 Å². The lowest BCUT2D eigenvalue weighted by Gasteiger charge is -2.05. The van der Waals surface area contributed by atoms with Crippen molar-refractivity contribution in [3.05, 3.63) is 58.5 Å². The Labute approximate surface area is 147 Å². The summed E-state index contributed by atoms with van der Waals surface area (Å²) in [5, 5.41) is 9.07. The second kappa shape index (κ2) is 6.80. The van der Waals surface area contributed by atoms with Crippen molar-refractivity contribution in [2.75, 3.05) is 0 Å². The number of alkyl halides is 2. The molecule has 0 amide bonds. The summed E-state index contributed by atoms with van der Waals surface area (Å²) in [5.41, 5.74) is 2.29. The van der Waals surface area contributed by atoms with Gasteiger partial charge < -0.3 is 14.0 Å². The minimum Gasteiger partial charge on any atom is -0.435 e. The first-order valence-corrected chi connectivity index (χ1v) is 7.53. The molecule has 1 aromatic carbocycles. The minimum atomic E-state index is -2.95. The standard InChI is InChI=1S/C18H13F2N3O3/c1-10-12(6-13(9-21)23(10)2)8-15-17(24)26-16(22-15)11-4-3-5-14(7-11)25-18(19)20/h3-8,18H,1-2H3. The molecule has 1 aliphatic heterocycles. The van der Waals surface area contributed by atoms with Crippen LogP contribution in [0.25, 0.3) is 6.08 Å². The molecule has 0 aliphatic carbocycles. The van der Waals surface area contributed by atoms with Gasteiger partial charge in [0, 0.05) is 18.3 Å². The van der Waals surface area contributed by atoms with Gasteiger partial charge in [-0.25, -0.2) is 9.79 Å². The van der Waals surface area contributed by atoms with E-state index in [2.05, 4.69) is 15.8 Å². The first-order chi connectivity index (χ1) is 12.4. The fraction of sp³-hybridized carbons (Fsp3) is 0.167. The largest absolute Gasteiger partial charge is 0.435 e. The quantitative estimate of drug-likeness (QED) is 0.622. The number of nitriles is 1. The zero-order valence-electron chi connectivity index (χ0n) is 13.9. The predicted octanol–water partition coefficient (Wildman–Crippen LogP) is 3.15. The summed E-state index contributed by atoms with van der Waals surface area (Å²) in [7, 11) is 1.74. The van der Waals surface area contributed by atoms with E-state index in [1.165, 1.54) is 24.3 Å². The molecule has 0 atom stereocenters. The van der Waals surface area contributed by atoms with Crippen molar-refractivity contribution in [1.29, 1.82) is 5.26 Å². The number of carbonyl (C=O) groups is 1. The second-order valence-electron chi connectivity index (χ2n) is 5.48. The van der Waals surface area contributed by atoms with Crippen LogP contribution in [-0.4, -0.2) is 23.0 Å². The van der Waals surface area contributed by atoms with Crippen LogP contribution < -0.4 is 4.74 Å². The molecule has 3 rings (SSSR count). The highest BCUT2D eigenvalue weighted by Crippen LogP contribution is 2.24. The van der Waals surface area contributed by atoms with E-state index < -0.39 is 12.6 Å². The Morgan fingerprint density at radius 3 is 2.81 bits per heavy atom. The molecule has 0 spiro atoms. The van der Waals surface area contributed by atoms with Gasteiger partial charge in [-0.2, -0.15) is 14.0 Å². The van der Waals surface area contributed by atoms with Crippen LogP contribution in [0.15, 0.2) is 41.0 Å². The van der Waals surface area contributed by atoms with Gasteiger partial charge in [0.1, 0.15) is 17.5 Å². The predicted molar refractivity (Wildman–Crippen MR) is 88.5 cm³/mol. The van der Waals surface area contributed by atoms with Crippen molar-refractivity contribution >= 4 is 17.9 Å². The fourth-order valence-corrected chi connectivity index (χ4v) is 2.46. The van der Waals surface area contributed by atoms with E-state index in [-0.39, 0.29) is 17.3 Å². The number of carbonyl (C=O) groups excluding carboxylic acids is 1. The SMILES string of the molecule is Cc1c(C=C2N=C(c3cccc(OC(F)F)c3)OC2=O)cc(C#N)n1C. The van der Waals surface area contributed by atoms with Gasteiger partial charge in [0.25, 0.3) is 0 Å². The van der Waals surface area contributed by atoms with E-state index in [1.807, 2.05) is 6.92 Å². The van der Waals surface area contributed by atoms with Gasteiger partial charge in [0.05, 0.1) is 0 Å². The Kier molecular flexibility index (Phi) is 4.54. The number of benzene rings is 1. The van der Waals surface area contributed by atoms with Crippen LogP contribution in [0.2, 0.25) is 0 Å². The summed E-state index contributed by atoms with van der Waals surface area (Å²) in [4.78, 5) is 16.2. The zero-order valence-corrected chi connectivity index (χ0v) is 13.9. The van der Waals surface area contributed by atoms with Crippen molar-refractivity contribution in [1.82, 2.24) is 4.57 Å². The molecule has 26 heavy (non-hydrogen) atoms. The van der Waals surface area contributed by atoms with Crippen LogP contribution in [0.1, 0.15) is 22.5 Å². The third-order valence-corrected chi connectivity index (χ3v) is 3.91. The van der Waals surface area contributed by atoms with E-state index in [0.717, 1.165) is 5.69 Å². The van der Waals surface area contributed by atoms with E-state index in [1.54, 1.807) is 23.7 Å². The normalized spacial score (nSPS) is 15.2. The molecule has 0 bridgehead atoms. The lowest BCUT2D eigenvalue weighted by atomic mass is 10.2. The number of rotatable bonds is 4. The minimum absolute atomic E-state index is 0.00458. The van der Waals surface area contributed by atoms with E-state index >= 15 is 0 Å². The summed E-state index contributed by atoms with van der Waals surface area (Å²) >= 11 is 0. The molecular weight excluding hydrogens is 344 g/mol. The summed E-state index contributed by atoms with van der Waals surface area (Å²) in [5.74, 6) is -0.733. The molecule has 6 nitrogen and oxygen atoms in total. The van der Waals surface area contributed by atoms with Crippen LogP contribution in [0.3, 0.4) is 0 Å². The van der Waals surface area contributed by atoms with Crippen LogP contribution in [-0.2, 0) is 16.6 Å². The average molecular weight is 357 g/mol. The lowest BCUT2D eigenvalue weighted by molar-refractivity contribution is -0.129. The molecule has 8 heteroatoms. The Bertz CT molecular complexity index is 984. The van der Waals surface area contributed by atoms with E-state index in [4.69, 9.17) is 10.00 Å². The lowest BCUT2D eigenvalue weighted by Crippen LogP contribution is -2.07. The monoisotopic (exact) mass is 357 g/mol. The van der Waals surface area contributed by atoms with Crippen molar-refractivity contribution in [2.45, 2.75) is 13.5 Å². The third-order valence-electron chi connectivity index (χ3n) is 3.91. The molecule has 0 unspecified atom stereocenters. The number of ether oxygens (including phenoxy) is 2. The van der Waals surface area contributed by atoms with E-state index in [9.17, 15) is 13.6 Å². The first-order valence-electron chi connectivity index (χ1n) is 7.53. The van der Waals surface area contributed by atoms with Crippen molar-refractivity contribution < 1.29 is 23.0 Å². The molecule has 132 valence electrons. The maximum absolute atomic E-state index is 12.3. The summed E-state index contributed by atoms with van der Waals surface area (Å²) < 4.78 is 35.8. The maximum atomic E-state index is 12.3. The molecule has 0 radical (unpaired) electrons. The van der Waals surface area contributed by atoms with Crippen molar-refractivity contribution in [3.63, 3.8) is 0 Å². The van der Waals surface area contributed by atoms with Crippen LogP contribution in [0.5, 0.6) is 5.75 Å². The summed E-state index contributed by atoms with van der Waals surface area (Å²) in [6, 6.07) is 9.42. The van der Waals surface area contributed by atoms with Crippen LogP contribution in [0.4, 0.5) is 8.78 Å². The summed E-state index contributed by atoms with van der Waals surface area (Å²) in [6.45, 7) is -1.15. The molecule has 0 saturated carbocycles. The molecule has 0 N–H and O–H groups in total. The van der Waals surface area contributed by atoms with Crippen LogP contribution in [0, 0.1) is 18.3 Å². The number of hydrogen-bond acceptors (Lipinski definition) is 5. The fourth-order valence-electron chi connectivity index (χ4n) is 2.46. The zero-order chi connectivity index (χ0) is 18.8. The second-order valence-corrected chi connectivity index (χ2v) is 5.48. The average Bonchev–Trinajstić information content (AvgIpc) is 3.09. The summed E-state index contributed by atoms with van der Waals surface area (Å²) in [6.07, 6.45) is 1.52. The highest BCUT2D eigenvalue weighted by molar-refractivity contribution is 6.13. The Balaban J connectivity index is 1.94. The van der Waals surface area contributed by atoms with Gasteiger partial charge in [0.2, 0.25) is 5.90 Å². The topological polar surface area (TPSA) is 76.6 Å². The molecule has 0 fully saturated rings. The Morgan fingerprint density at radius 1 is 1.38 bits per heavy atom. The first kappa shape index (κ1) is 17.4. The number of esters is 1. The number of aromatic nitrogens is 1. The van der Waals surface area contributed by atoms with Crippen molar-refractivity contribution in [3.8, 4) is 11.8 Å². The third kappa shape index (κ3) is 3.32. The number of aliphatic imine (C=N–C) groups is 1. The molecule has 0 saturated heterocycles. The van der Waals surface area contributed by atoms with E-state index in [0.29, 0.717) is 16.8 Å². The molecular formula is C18H13F2N3O3. The highest BCUT2D eigenvalue weighted by atomic mass is 19.3. The molecule has 2 aromatic rings. The number of nitrogens with zero attached hydrogens (tertiary/aromatic N) is 3. The number of halogens is 2. The Hall–Kier alpha value is -3.47. The highest BCUT2D eigenvalue weighted by Gasteiger charge is 2.25.